The van der Waals surface area contributed by atoms with Crippen LogP contribution in [0, 0.1) is 0 Å². The number of aromatic carboxylic acids is 1. The monoisotopic (exact) mass is 253 g/mol. The molecule has 0 aliphatic rings. The van der Waals surface area contributed by atoms with Crippen molar-refractivity contribution < 1.29 is 9.90 Å². The average molecular weight is 253 g/mol. The van der Waals surface area contributed by atoms with E-state index in [1.165, 1.54) is 12.5 Å². The van der Waals surface area contributed by atoms with Crippen molar-refractivity contribution in [1.82, 2.24) is 14.5 Å². The molecule has 0 radical (unpaired) electrons. The van der Waals surface area contributed by atoms with Gasteiger partial charge in [-0.25, -0.2) is 9.78 Å². The van der Waals surface area contributed by atoms with Crippen molar-refractivity contribution >= 4 is 16.9 Å². The van der Waals surface area contributed by atoms with E-state index in [2.05, 4.69) is 9.97 Å². The van der Waals surface area contributed by atoms with Gasteiger partial charge in [0.25, 0.3) is 0 Å². The van der Waals surface area contributed by atoms with E-state index in [-0.39, 0.29) is 5.69 Å². The molecule has 0 fully saturated rings. The Bertz CT molecular complexity index is 749. The molecule has 0 saturated heterocycles. The first-order valence-corrected chi connectivity index (χ1v) is 5.82. The number of para-hydroxylation sites is 1. The van der Waals surface area contributed by atoms with E-state index in [1.54, 1.807) is 4.57 Å². The summed E-state index contributed by atoms with van der Waals surface area (Å²) in [6.07, 6.45) is 3.00. The van der Waals surface area contributed by atoms with Crippen molar-refractivity contribution in [1.29, 1.82) is 0 Å². The highest BCUT2D eigenvalue weighted by molar-refractivity contribution is 5.84. The van der Waals surface area contributed by atoms with E-state index in [9.17, 15) is 4.79 Å². The minimum atomic E-state index is -1.02. The maximum atomic E-state index is 10.8. The maximum Gasteiger partial charge on any atom is 0.356 e. The van der Waals surface area contributed by atoms with Gasteiger partial charge in [0, 0.05) is 11.6 Å². The SMILES string of the molecule is O=C(O)c1cn(Cc2ccc3ccccc3n2)cn1. The van der Waals surface area contributed by atoms with Crippen LogP contribution in [0.25, 0.3) is 10.9 Å². The van der Waals surface area contributed by atoms with Gasteiger partial charge in [-0.15, -0.1) is 0 Å². The molecule has 2 aromatic heterocycles. The zero-order chi connectivity index (χ0) is 13.2. The summed E-state index contributed by atoms with van der Waals surface area (Å²) in [6, 6.07) is 11.8. The lowest BCUT2D eigenvalue weighted by molar-refractivity contribution is 0.0691. The van der Waals surface area contributed by atoms with Crippen molar-refractivity contribution in [2.45, 2.75) is 6.54 Å². The summed E-state index contributed by atoms with van der Waals surface area (Å²) < 4.78 is 1.71. The molecule has 0 bridgehead atoms. The second-order valence-corrected chi connectivity index (χ2v) is 4.23. The Morgan fingerprint density at radius 1 is 1.21 bits per heavy atom. The molecule has 19 heavy (non-hydrogen) atoms. The lowest BCUT2D eigenvalue weighted by Gasteiger charge is -2.03. The van der Waals surface area contributed by atoms with Crippen molar-refractivity contribution in [3.63, 3.8) is 0 Å². The van der Waals surface area contributed by atoms with Gasteiger partial charge in [0.1, 0.15) is 0 Å². The molecule has 1 aromatic carbocycles. The molecular weight excluding hydrogens is 242 g/mol. The molecular formula is C14H11N3O2. The summed E-state index contributed by atoms with van der Waals surface area (Å²) >= 11 is 0. The fourth-order valence-corrected chi connectivity index (χ4v) is 1.94. The van der Waals surface area contributed by atoms with E-state index < -0.39 is 5.97 Å². The Kier molecular flexibility index (Phi) is 2.72. The molecule has 0 atom stereocenters. The summed E-state index contributed by atoms with van der Waals surface area (Å²) in [5.74, 6) is -1.02. The zero-order valence-electron chi connectivity index (χ0n) is 10.0. The lowest BCUT2D eigenvalue weighted by atomic mass is 10.2. The van der Waals surface area contributed by atoms with Gasteiger partial charge in [0.15, 0.2) is 5.69 Å². The number of pyridine rings is 1. The Balaban J connectivity index is 1.89. The predicted octanol–water partition coefficient (Wildman–Crippen LogP) is 2.18. The molecule has 3 rings (SSSR count). The number of carboxylic acids is 1. The normalized spacial score (nSPS) is 10.7. The van der Waals surface area contributed by atoms with Gasteiger partial charge in [-0.05, 0) is 12.1 Å². The number of rotatable bonds is 3. The molecule has 2 heterocycles. The Morgan fingerprint density at radius 2 is 2.05 bits per heavy atom. The van der Waals surface area contributed by atoms with Gasteiger partial charge in [-0.1, -0.05) is 24.3 Å². The molecule has 5 heteroatoms. The minimum absolute atomic E-state index is 0.0424. The number of carbonyl (C=O) groups is 1. The first-order chi connectivity index (χ1) is 9.22. The van der Waals surface area contributed by atoms with Crippen molar-refractivity contribution in [2.75, 3.05) is 0 Å². The van der Waals surface area contributed by atoms with Crippen LogP contribution in [0.15, 0.2) is 48.9 Å². The van der Waals surface area contributed by atoms with E-state index in [0.717, 1.165) is 16.6 Å². The fourth-order valence-electron chi connectivity index (χ4n) is 1.94. The number of fused-ring (bicyclic) bond motifs is 1. The summed E-state index contributed by atoms with van der Waals surface area (Å²) in [5.41, 5.74) is 1.84. The van der Waals surface area contributed by atoms with E-state index in [4.69, 9.17) is 5.11 Å². The van der Waals surface area contributed by atoms with E-state index in [1.807, 2.05) is 36.4 Å². The molecule has 0 aliphatic carbocycles. The zero-order valence-corrected chi connectivity index (χ0v) is 10.0. The van der Waals surface area contributed by atoms with E-state index in [0.29, 0.717) is 6.54 Å². The number of aromatic nitrogens is 3. The highest BCUT2D eigenvalue weighted by Crippen LogP contribution is 2.12. The van der Waals surface area contributed by atoms with Crippen LogP contribution in [0.5, 0.6) is 0 Å². The number of imidazole rings is 1. The van der Waals surface area contributed by atoms with Gasteiger partial charge < -0.3 is 9.67 Å². The van der Waals surface area contributed by atoms with Gasteiger partial charge in [0.2, 0.25) is 0 Å². The number of carboxylic acid groups (broad SMARTS) is 1. The number of nitrogens with zero attached hydrogens (tertiary/aromatic N) is 3. The first-order valence-electron chi connectivity index (χ1n) is 5.82. The topological polar surface area (TPSA) is 68.0 Å². The third-order valence-electron chi connectivity index (χ3n) is 2.85. The van der Waals surface area contributed by atoms with Crippen LogP contribution in [0.4, 0.5) is 0 Å². The third-order valence-corrected chi connectivity index (χ3v) is 2.85. The summed E-state index contributed by atoms with van der Waals surface area (Å²) in [4.78, 5) is 19.1. The van der Waals surface area contributed by atoms with E-state index >= 15 is 0 Å². The van der Waals surface area contributed by atoms with Crippen LogP contribution in [0.1, 0.15) is 16.2 Å². The highest BCUT2D eigenvalue weighted by atomic mass is 16.4. The molecule has 94 valence electrons. The van der Waals surface area contributed by atoms with Crippen LogP contribution in [0.3, 0.4) is 0 Å². The van der Waals surface area contributed by atoms with Crippen LogP contribution >= 0.6 is 0 Å². The van der Waals surface area contributed by atoms with Crippen LogP contribution in [-0.4, -0.2) is 25.6 Å². The quantitative estimate of drug-likeness (QED) is 0.776. The van der Waals surface area contributed by atoms with Gasteiger partial charge in [-0.3, -0.25) is 4.98 Å². The number of hydrogen-bond acceptors (Lipinski definition) is 3. The summed E-state index contributed by atoms with van der Waals surface area (Å²) in [6.45, 7) is 0.505. The molecule has 0 spiro atoms. The lowest BCUT2D eigenvalue weighted by Crippen LogP contribution is -2.00. The molecule has 1 N–H and O–H groups in total. The van der Waals surface area contributed by atoms with Crippen LogP contribution in [0.2, 0.25) is 0 Å². The Labute approximate surface area is 109 Å². The molecule has 3 aromatic rings. The van der Waals surface area contributed by atoms with Crippen molar-refractivity contribution in [3.05, 3.63) is 60.3 Å². The summed E-state index contributed by atoms with van der Waals surface area (Å²) in [7, 11) is 0. The van der Waals surface area contributed by atoms with Gasteiger partial charge in [0.05, 0.1) is 24.1 Å². The molecule has 0 amide bonds. The highest BCUT2D eigenvalue weighted by Gasteiger charge is 2.07. The van der Waals surface area contributed by atoms with Crippen LogP contribution in [-0.2, 0) is 6.54 Å². The Hall–Kier alpha value is -2.69. The van der Waals surface area contributed by atoms with Gasteiger partial charge in [-0.2, -0.15) is 0 Å². The fraction of sp³-hybridized carbons (Fsp3) is 0.0714. The largest absolute Gasteiger partial charge is 0.476 e. The summed E-state index contributed by atoms with van der Waals surface area (Å²) in [5, 5.41) is 9.90. The average Bonchev–Trinajstić information content (AvgIpc) is 2.87. The smallest absolute Gasteiger partial charge is 0.356 e. The minimum Gasteiger partial charge on any atom is -0.476 e. The van der Waals surface area contributed by atoms with Gasteiger partial charge >= 0.3 is 5.97 Å². The van der Waals surface area contributed by atoms with Crippen molar-refractivity contribution in [2.24, 2.45) is 0 Å². The number of benzene rings is 1. The molecule has 5 nitrogen and oxygen atoms in total. The third kappa shape index (κ3) is 2.30. The standard InChI is InChI=1S/C14H11N3O2/c18-14(19)13-8-17(9-15-13)7-11-6-5-10-3-1-2-4-12(10)16-11/h1-6,8-9H,7H2,(H,18,19). The predicted molar refractivity (Wildman–Crippen MR) is 70.0 cm³/mol. The molecule has 0 saturated carbocycles. The first kappa shape index (κ1) is 11.4. The molecule has 0 aliphatic heterocycles. The number of hydrogen-bond donors (Lipinski definition) is 1. The molecule has 0 unspecified atom stereocenters. The Morgan fingerprint density at radius 3 is 2.84 bits per heavy atom. The maximum absolute atomic E-state index is 10.8. The van der Waals surface area contributed by atoms with Crippen LogP contribution < -0.4 is 0 Å². The van der Waals surface area contributed by atoms with Crippen molar-refractivity contribution in [3.8, 4) is 0 Å². The second-order valence-electron chi connectivity index (χ2n) is 4.23. The second kappa shape index (κ2) is 4.53.